The fraction of sp³-hybridized carbons (Fsp3) is 0.364. The van der Waals surface area contributed by atoms with Crippen LogP contribution in [-0.4, -0.2) is 45.7 Å². The van der Waals surface area contributed by atoms with Crippen LogP contribution in [0.5, 0.6) is 0 Å². The van der Waals surface area contributed by atoms with Gasteiger partial charge in [-0.3, -0.25) is 5.43 Å². The maximum Gasteiger partial charge on any atom is 0.285 e. The third-order valence-electron chi connectivity index (χ3n) is 2.61. The van der Waals surface area contributed by atoms with Crippen molar-refractivity contribution in [3.05, 3.63) is 29.3 Å². The van der Waals surface area contributed by atoms with Gasteiger partial charge in [0, 0.05) is 18.1 Å². The van der Waals surface area contributed by atoms with Crippen LogP contribution in [0.25, 0.3) is 0 Å². The molecule has 9 heteroatoms. The molecule has 1 aliphatic heterocycles. The molecule has 7 nitrogen and oxygen atoms in total. The van der Waals surface area contributed by atoms with Crippen molar-refractivity contribution in [1.82, 2.24) is 10.4 Å². The van der Waals surface area contributed by atoms with Gasteiger partial charge in [-0.2, -0.15) is 8.42 Å². The van der Waals surface area contributed by atoms with Crippen LogP contribution in [0.15, 0.2) is 33.6 Å². The lowest BCUT2D eigenvalue weighted by Gasteiger charge is -2.27. The second-order valence-electron chi connectivity index (χ2n) is 4.12. The van der Waals surface area contributed by atoms with Gasteiger partial charge >= 0.3 is 0 Å². The first kappa shape index (κ1) is 15.0. The van der Waals surface area contributed by atoms with Crippen LogP contribution >= 0.6 is 11.6 Å². The number of nitrogens with zero attached hydrogens (tertiary/aromatic N) is 2. The van der Waals surface area contributed by atoms with Crippen molar-refractivity contribution >= 4 is 27.6 Å². The lowest BCUT2D eigenvalue weighted by Crippen LogP contribution is -2.51. The Labute approximate surface area is 122 Å². The number of hydrogen-bond donors (Lipinski definition) is 2. The highest BCUT2D eigenvalue weighted by atomic mass is 35.5. The molecule has 0 atom stereocenters. The van der Waals surface area contributed by atoms with Crippen LogP contribution in [0, 0.1) is 0 Å². The first-order valence-electron chi connectivity index (χ1n) is 5.93. The molecule has 3 N–H and O–H groups in total. The molecule has 1 aromatic carbocycles. The summed E-state index contributed by atoms with van der Waals surface area (Å²) in [6.45, 7) is 2.34. The quantitative estimate of drug-likeness (QED) is 0.609. The number of hydrazine groups is 1. The van der Waals surface area contributed by atoms with Gasteiger partial charge in [0.25, 0.3) is 10.0 Å². The molecule has 1 fully saturated rings. The van der Waals surface area contributed by atoms with Gasteiger partial charge in [0.15, 0.2) is 0 Å². The van der Waals surface area contributed by atoms with Gasteiger partial charge < -0.3 is 10.5 Å². The molecule has 20 heavy (non-hydrogen) atoms. The van der Waals surface area contributed by atoms with E-state index < -0.39 is 10.0 Å². The number of nitrogens with one attached hydrogen (secondary N) is 1. The van der Waals surface area contributed by atoms with Gasteiger partial charge in [-0.05, 0) is 24.3 Å². The minimum atomic E-state index is -3.84. The molecule has 0 amide bonds. The SMILES string of the molecule is N/C(=N\S(=O)(=O)c1ccc(Cl)cc1)NN1CCOCC1. The normalized spacial score (nSPS) is 17.9. The molecule has 0 radical (unpaired) electrons. The molecule has 1 saturated heterocycles. The number of guanidine groups is 1. The number of morpholine rings is 1. The fourth-order valence-electron chi connectivity index (χ4n) is 1.65. The Bertz CT molecular complexity index is 582. The van der Waals surface area contributed by atoms with Crippen molar-refractivity contribution in [3.8, 4) is 0 Å². The Balaban J connectivity index is 2.09. The Morgan fingerprint density at radius 3 is 2.50 bits per heavy atom. The fourth-order valence-corrected chi connectivity index (χ4v) is 2.66. The van der Waals surface area contributed by atoms with Crippen molar-refractivity contribution in [2.45, 2.75) is 4.90 Å². The number of sulfonamides is 1. The molecule has 0 unspecified atom stereocenters. The Morgan fingerprint density at radius 1 is 1.30 bits per heavy atom. The molecule has 0 bridgehead atoms. The zero-order chi connectivity index (χ0) is 14.6. The van der Waals surface area contributed by atoms with Gasteiger partial charge in [-0.15, -0.1) is 4.40 Å². The highest BCUT2D eigenvalue weighted by molar-refractivity contribution is 7.90. The molecule has 1 aromatic rings. The van der Waals surface area contributed by atoms with E-state index in [1.165, 1.54) is 24.3 Å². The van der Waals surface area contributed by atoms with Gasteiger partial charge in [-0.25, -0.2) is 5.01 Å². The van der Waals surface area contributed by atoms with Crippen LogP contribution in [0.1, 0.15) is 0 Å². The highest BCUT2D eigenvalue weighted by Crippen LogP contribution is 2.15. The first-order chi connectivity index (χ1) is 9.47. The Kier molecular flexibility index (Phi) is 4.81. The summed E-state index contributed by atoms with van der Waals surface area (Å²) in [5.41, 5.74) is 8.34. The number of ether oxygens (including phenoxy) is 1. The summed E-state index contributed by atoms with van der Waals surface area (Å²) < 4.78 is 32.7. The molecule has 0 aromatic heterocycles. The second kappa shape index (κ2) is 6.40. The molecular weight excluding hydrogens is 304 g/mol. The summed E-state index contributed by atoms with van der Waals surface area (Å²) in [6.07, 6.45) is 0. The number of hydrogen-bond acceptors (Lipinski definition) is 4. The summed E-state index contributed by atoms with van der Waals surface area (Å²) in [6, 6.07) is 5.72. The summed E-state index contributed by atoms with van der Waals surface area (Å²) in [5, 5.41) is 2.20. The minimum Gasteiger partial charge on any atom is -0.379 e. The van der Waals surface area contributed by atoms with E-state index >= 15 is 0 Å². The van der Waals surface area contributed by atoms with E-state index in [9.17, 15) is 8.42 Å². The minimum absolute atomic E-state index is 0.0358. The predicted octanol–water partition coefficient (Wildman–Crippen LogP) is 0.180. The zero-order valence-electron chi connectivity index (χ0n) is 10.6. The van der Waals surface area contributed by atoms with Gasteiger partial charge in [0.05, 0.1) is 18.1 Å². The molecule has 0 aliphatic carbocycles. The lowest BCUT2D eigenvalue weighted by molar-refractivity contribution is 0.0246. The average molecular weight is 319 g/mol. The summed E-state index contributed by atoms with van der Waals surface area (Å²) in [5.74, 6) is -0.179. The smallest absolute Gasteiger partial charge is 0.285 e. The van der Waals surface area contributed by atoms with E-state index in [-0.39, 0.29) is 10.9 Å². The number of halogens is 1. The van der Waals surface area contributed by atoms with E-state index in [2.05, 4.69) is 9.82 Å². The largest absolute Gasteiger partial charge is 0.379 e. The average Bonchev–Trinajstić information content (AvgIpc) is 2.39. The van der Waals surface area contributed by atoms with Crippen molar-refractivity contribution in [2.24, 2.45) is 10.1 Å². The third-order valence-corrected chi connectivity index (χ3v) is 4.17. The topological polar surface area (TPSA) is 97.0 Å². The molecule has 0 spiro atoms. The van der Waals surface area contributed by atoms with Crippen LogP contribution in [-0.2, 0) is 14.8 Å². The van der Waals surface area contributed by atoms with E-state index in [0.29, 0.717) is 31.3 Å². The molecular formula is C11H15ClN4O3S. The van der Waals surface area contributed by atoms with Crippen molar-refractivity contribution in [3.63, 3.8) is 0 Å². The van der Waals surface area contributed by atoms with Crippen molar-refractivity contribution < 1.29 is 13.2 Å². The molecule has 2 rings (SSSR count). The van der Waals surface area contributed by atoms with Crippen molar-refractivity contribution in [2.75, 3.05) is 26.3 Å². The monoisotopic (exact) mass is 318 g/mol. The van der Waals surface area contributed by atoms with E-state index in [0.717, 1.165) is 0 Å². The number of nitrogens with two attached hydrogens (primary N) is 1. The third kappa shape index (κ3) is 4.07. The van der Waals surface area contributed by atoms with Crippen LogP contribution in [0.3, 0.4) is 0 Å². The molecule has 1 heterocycles. The number of rotatable bonds is 3. The summed E-state index contributed by atoms with van der Waals surface area (Å²) in [7, 11) is -3.84. The van der Waals surface area contributed by atoms with Gasteiger partial charge in [0.1, 0.15) is 0 Å². The van der Waals surface area contributed by atoms with Crippen LogP contribution in [0.4, 0.5) is 0 Å². The first-order valence-corrected chi connectivity index (χ1v) is 7.74. The van der Waals surface area contributed by atoms with E-state index in [1.807, 2.05) is 0 Å². The molecule has 110 valence electrons. The van der Waals surface area contributed by atoms with Crippen LogP contribution in [0.2, 0.25) is 5.02 Å². The van der Waals surface area contributed by atoms with Gasteiger partial charge in [0.2, 0.25) is 5.96 Å². The standard InChI is InChI=1S/C11H15ClN4O3S/c12-9-1-3-10(4-2-9)20(17,18)15-11(13)14-16-5-7-19-8-6-16/h1-4H,5-8H2,(H3,13,14,15). The molecule has 1 aliphatic rings. The zero-order valence-corrected chi connectivity index (χ0v) is 12.2. The summed E-state index contributed by atoms with van der Waals surface area (Å²) >= 11 is 5.71. The predicted molar refractivity (Wildman–Crippen MR) is 75.8 cm³/mol. The Hall–Kier alpha value is -1.35. The lowest BCUT2D eigenvalue weighted by atomic mass is 10.4. The number of benzene rings is 1. The van der Waals surface area contributed by atoms with E-state index in [1.54, 1.807) is 5.01 Å². The maximum absolute atomic E-state index is 12.0. The van der Waals surface area contributed by atoms with Crippen molar-refractivity contribution in [1.29, 1.82) is 0 Å². The van der Waals surface area contributed by atoms with Gasteiger partial charge in [-0.1, -0.05) is 11.6 Å². The second-order valence-corrected chi connectivity index (χ2v) is 6.16. The maximum atomic E-state index is 12.0. The van der Waals surface area contributed by atoms with E-state index in [4.69, 9.17) is 22.1 Å². The van der Waals surface area contributed by atoms with Crippen LogP contribution < -0.4 is 11.2 Å². The summed E-state index contributed by atoms with van der Waals surface area (Å²) in [4.78, 5) is 0.0358. The highest BCUT2D eigenvalue weighted by Gasteiger charge is 2.15. The molecule has 0 saturated carbocycles. The Morgan fingerprint density at radius 2 is 1.90 bits per heavy atom.